The highest BCUT2D eigenvalue weighted by Crippen LogP contribution is 2.33. The summed E-state index contributed by atoms with van der Waals surface area (Å²) >= 11 is 0. The number of carbonyl (C=O) groups is 3. The lowest BCUT2D eigenvalue weighted by molar-refractivity contribution is -0.197. The van der Waals surface area contributed by atoms with Gasteiger partial charge in [-0.25, -0.2) is 4.79 Å². The Bertz CT molecular complexity index is 1210. The number of aromatic hydroxyl groups is 2. The minimum atomic E-state index is -4.52. The van der Waals surface area contributed by atoms with Gasteiger partial charge in [0.15, 0.2) is 0 Å². The molecule has 13 heteroatoms. The van der Waals surface area contributed by atoms with Crippen LogP contribution >= 0.6 is 0 Å². The number of imide groups is 1. The van der Waals surface area contributed by atoms with Gasteiger partial charge in [0.1, 0.15) is 22.9 Å². The number of phenolic OH excluding ortho intramolecular Hbond substituents is 2. The molecule has 1 aliphatic rings. The molecule has 0 atom stereocenters. The third-order valence-electron chi connectivity index (χ3n) is 4.37. The van der Waals surface area contributed by atoms with E-state index < -0.39 is 38.5 Å². The summed E-state index contributed by atoms with van der Waals surface area (Å²) in [6.45, 7) is 0. The Morgan fingerprint density at radius 2 is 1.53 bits per heavy atom. The molecular formula is C19H17N3O9S. The van der Waals surface area contributed by atoms with Crippen LogP contribution in [-0.4, -0.2) is 46.0 Å². The first kappa shape index (κ1) is 22.8. The molecule has 1 saturated heterocycles. The fraction of sp³-hybridized carbons (Fsp3) is 0.211. The molecule has 168 valence electrons. The van der Waals surface area contributed by atoms with Crippen molar-refractivity contribution >= 4 is 39.3 Å². The standard InChI is InChI=1S/C19H17N3O9S/c23-15-4-1-11(2-8-19(27)31-22-17(25)6-7-18(22)26)9-13(15)20-21-14-10-12(32(28,29)30)3-5-16(14)24/h1,3-5,9-10,23-24H,2,6-8H2,(H,28,29,30)/b21-20+. The number of hydroxylamine groups is 2. The molecule has 0 unspecified atom stereocenters. The van der Waals surface area contributed by atoms with Crippen LogP contribution in [-0.2, 0) is 35.8 Å². The zero-order valence-corrected chi connectivity index (χ0v) is 17.2. The minimum Gasteiger partial charge on any atom is -0.506 e. The summed E-state index contributed by atoms with van der Waals surface area (Å²) in [6.07, 6.45) is -0.0702. The summed E-state index contributed by atoms with van der Waals surface area (Å²) in [5.41, 5.74) is 0.217. The summed E-state index contributed by atoms with van der Waals surface area (Å²) in [5, 5.41) is 27.7. The molecule has 2 aromatic carbocycles. The fourth-order valence-corrected chi connectivity index (χ4v) is 3.21. The van der Waals surface area contributed by atoms with E-state index in [0.29, 0.717) is 10.6 Å². The van der Waals surface area contributed by atoms with E-state index in [9.17, 15) is 33.0 Å². The van der Waals surface area contributed by atoms with Crippen molar-refractivity contribution < 1.29 is 42.4 Å². The molecule has 32 heavy (non-hydrogen) atoms. The smallest absolute Gasteiger partial charge is 0.333 e. The summed E-state index contributed by atoms with van der Waals surface area (Å²) < 4.78 is 31.5. The van der Waals surface area contributed by atoms with Crippen molar-refractivity contribution in [1.82, 2.24) is 5.06 Å². The third-order valence-corrected chi connectivity index (χ3v) is 5.22. The molecule has 0 aliphatic carbocycles. The average molecular weight is 463 g/mol. The molecule has 3 rings (SSSR count). The van der Waals surface area contributed by atoms with Crippen LogP contribution in [0.25, 0.3) is 0 Å². The second-order valence-electron chi connectivity index (χ2n) is 6.69. The number of hydrogen-bond acceptors (Lipinski definition) is 10. The lowest BCUT2D eigenvalue weighted by atomic mass is 10.1. The van der Waals surface area contributed by atoms with E-state index in [1.807, 2.05) is 0 Å². The van der Waals surface area contributed by atoms with Crippen molar-refractivity contribution in [3.8, 4) is 11.5 Å². The zero-order valence-electron chi connectivity index (χ0n) is 16.3. The second-order valence-corrected chi connectivity index (χ2v) is 8.12. The number of rotatable bonds is 7. The summed E-state index contributed by atoms with van der Waals surface area (Å²) in [5.74, 6) is -2.66. The van der Waals surface area contributed by atoms with E-state index in [-0.39, 0.29) is 42.8 Å². The molecule has 0 saturated carbocycles. The van der Waals surface area contributed by atoms with Gasteiger partial charge in [-0.1, -0.05) is 6.07 Å². The van der Waals surface area contributed by atoms with Crippen LogP contribution in [0.3, 0.4) is 0 Å². The van der Waals surface area contributed by atoms with E-state index in [2.05, 4.69) is 10.2 Å². The Kier molecular flexibility index (Phi) is 6.50. The molecule has 0 bridgehead atoms. The van der Waals surface area contributed by atoms with Crippen molar-refractivity contribution in [1.29, 1.82) is 0 Å². The Labute approximate surface area is 181 Å². The first-order valence-corrected chi connectivity index (χ1v) is 10.6. The lowest BCUT2D eigenvalue weighted by Gasteiger charge is -2.12. The average Bonchev–Trinajstić information content (AvgIpc) is 3.04. The maximum atomic E-state index is 11.9. The zero-order chi connectivity index (χ0) is 23.5. The van der Waals surface area contributed by atoms with Gasteiger partial charge in [0.2, 0.25) is 0 Å². The highest BCUT2D eigenvalue weighted by atomic mass is 32.2. The second kappa shape index (κ2) is 9.11. The van der Waals surface area contributed by atoms with E-state index in [1.54, 1.807) is 0 Å². The van der Waals surface area contributed by atoms with Gasteiger partial charge >= 0.3 is 5.97 Å². The molecule has 1 aliphatic heterocycles. The quantitative estimate of drug-likeness (QED) is 0.315. The van der Waals surface area contributed by atoms with Crippen LogP contribution in [0, 0.1) is 0 Å². The summed E-state index contributed by atoms with van der Waals surface area (Å²) in [7, 11) is -4.52. The normalized spacial score (nSPS) is 14.3. The molecule has 0 aromatic heterocycles. The molecule has 2 aromatic rings. The molecule has 3 N–H and O–H groups in total. The minimum absolute atomic E-state index is 0.0128. The van der Waals surface area contributed by atoms with Gasteiger partial charge in [0, 0.05) is 12.8 Å². The molecule has 2 amide bonds. The molecule has 0 radical (unpaired) electrons. The highest BCUT2D eigenvalue weighted by molar-refractivity contribution is 7.85. The predicted molar refractivity (Wildman–Crippen MR) is 106 cm³/mol. The van der Waals surface area contributed by atoms with Crippen LogP contribution in [0.5, 0.6) is 11.5 Å². The fourth-order valence-electron chi connectivity index (χ4n) is 2.71. The van der Waals surface area contributed by atoms with Crippen LogP contribution in [0.4, 0.5) is 11.4 Å². The van der Waals surface area contributed by atoms with Gasteiger partial charge in [-0.2, -0.15) is 8.42 Å². The number of amides is 2. The predicted octanol–water partition coefficient (Wildman–Crippen LogP) is 2.30. The Hall–Kier alpha value is -3.84. The van der Waals surface area contributed by atoms with Gasteiger partial charge < -0.3 is 15.1 Å². The van der Waals surface area contributed by atoms with Crippen molar-refractivity contribution in [2.24, 2.45) is 10.2 Å². The van der Waals surface area contributed by atoms with Crippen LogP contribution < -0.4 is 0 Å². The Morgan fingerprint density at radius 3 is 2.12 bits per heavy atom. The number of azo groups is 1. The summed E-state index contributed by atoms with van der Waals surface area (Å²) in [6, 6.07) is 7.06. The first-order valence-electron chi connectivity index (χ1n) is 9.15. The number of carbonyl (C=O) groups excluding carboxylic acids is 3. The van der Waals surface area contributed by atoms with E-state index in [4.69, 9.17) is 9.39 Å². The lowest BCUT2D eigenvalue weighted by Crippen LogP contribution is -2.32. The molecule has 1 heterocycles. The van der Waals surface area contributed by atoms with E-state index >= 15 is 0 Å². The van der Waals surface area contributed by atoms with Gasteiger partial charge in [-0.3, -0.25) is 14.1 Å². The maximum Gasteiger partial charge on any atom is 0.333 e. The van der Waals surface area contributed by atoms with Gasteiger partial charge in [-0.15, -0.1) is 15.3 Å². The van der Waals surface area contributed by atoms with Crippen molar-refractivity contribution in [3.05, 3.63) is 42.0 Å². The van der Waals surface area contributed by atoms with Crippen LogP contribution in [0.2, 0.25) is 0 Å². The van der Waals surface area contributed by atoms with Crippen molar-refractivity contribution in [2.45, 2.75) is 30.6 Å². The SMILES string of the molecule is O=C(CCc1ccc(O)c(/N=N/c2cc(S(=O)(=O)O)ccc2O)c1)ON1C(=O)CCC1=O. The molecule has 1 fully saturated rings. The molecule has 0 spiro atoms. The van der Waals surface area contributed by atoms with Gasteiger partial charge in [0.25, 0.3) is 21.9 Å². The number of benzene rings is 2. The van der Waals surface area contributed by atoms with Crippen molar-refractivity contribution in [3.63, 3.8) is 0 Å². The van der Waals surface area contributed by atoms with E-state index in [1.165, 1.54) is 18.2 Å². The Balaban J connectivity index is 1.70. The summed E-state index contributed by atoms with van der Waals surface area (Å²) in [4.78, 5) is 39.1. The number of phenols is 2. The third kappa shape index (κ3) is 5.44. The number of hydrogen-bond donors (Lipinski definition) is 3. The van der Waals surface area contributed by atoms with Crippen molar-refractivity contribution in [2.75, 3.05) is 0 Å². The van der Waals surface area contributed by atoms with E-state index in [0.717, 1.165) is 18.2 Å². The molecular weight excluding hydrogens is 446 g/mol. The molecule has 12 nitrogen and oxygen atoms in total. The Morgan fingerprint density at radius 1 is 0.969 bits per heavy atom. The highest BCUT2D eigenvalue weighted by Gasteiger charge is 2.32. The number of aryl methyl sites for hydroxylation is 1. The number of nitrogens with zero attached hydrogens (tertiary/aromatic N) is 3. The van der Waals surface area contributed by atoms with Crippen LogP contribution in [0.1, 0.15) is 24.8 Å². The topological polar surface area (TPSA) is 183 Å². The van der Waals surface area contributed by atoms with Crippen LogP contribution in [0.15, 0.2) is 51.5 Å². The maximum absolute atomic E-state index is 11.9. The largest absolute Gasteiger partial charge is 0.506 e. The monoisotopic (exact) mass is 463 g/mol. The first-order chi connectivity index (χ1) is 15.0. The van der Waals surface area contributed by atoms with Gasteiger partial charge in [0.05, 0.1) is 11.3 Å². The van der Waals surface area contributed by atoms with Gasteiger partial charge in [-0.05, 0) is 42.3 Å².